The fourth-order valence-electron chi connectivity index (χ4n) is 3.33. The monoisotopic (exact) mass is 386 g/mol. The molecule has 2 aromatic rings. The van der Waals surface area contributed by atoms with E-state index in [4.69, 9.17) is 4.74 Å². The number of amides is 1. The topological polar surface area (TPSA) is 32.8 Å². The summed E-state index contributed by atoms with van der Waals surface area (Å²) in [5, 5.41) is 0. The van der Waals surface area contributed by atoms with Crippen molar-refractivity contribution >= 4 is 17.6 Å². The van der Waals surface area contributed by atoms with Crippen LogP contribution in [0.15, 0.2) is 54.6 Å². The van der Waals surface area contributed by atoms with Crippen LogP contribution in [0.2, 0.25) is 0 Å². The van der Waals surface area contributed by atoms with E-state index in [0.717, 1.165) is 11.1 Å². The number of benzene rings is 2. The zero-order chi connectivity index (χ0) is 19.9. The van der Waals surface area contributed by atoms with Crippen molar-refractivity contribution < 1.29 is 18.3 Å². The van der Waals surface area contributed by atoms with E-state index >= 15 is 0 Å². The average Bonchev–Trinajstić information content (AvgIpc) is 2.72. The summed E-state index contributed by atoms with van der Waals surface area (Å²) in [6.45, 7) is 1.52. The zero-order valence-corrected chi connectivity index (χ0v) is 15.9. The summed E-state index contributed by atoms with van der Waals surface area (Å²) in [5.41, 5.74) is 2.19. The van der Waals surface area contributed by atoms with E-state index in [1.54, 1.807) is 16.9 Å². The van der Waals surface area contributed by atoms with E-state index in [9.17, 15) is 13.6 Å². The molecule has 28 heavy (non-hydrogen) atoms. The first-order valence-electron chi connectivity index (χ1n) is 9.28. The van der Waals surface area contributed by atoms with Gasteiger partial charge < -0.3 is 9.64 Å². The molecule has 0 unspecified atom stereocenters. The van der Waals surface area contributed by atoms with Gasteiger partial charge in [-0.25, -0.2) is 8.78 Å². The Bertz CT molecular complexity index is 816. The SMILES string of the molecule is COc1ccccc1/C=C(/C(=O)N1CCN(CC(F)F)CC1)c1ccccc1. The van der Waals surface area contributed by atoms with Crippen LogP contribution in [0.4, 0.5) is 8.78 Å². The molecule has 148 valence electrons. The van der Waals surface area contributed by atoms with Crippen LogP contribution in [-0.4, -0.2) is 62.0 Å². The second kappa shape index (κ2) is 9.46. The number of ether oxygens (including phenoxy) is 1. The number of piperazine rings is 1. The largest absolute Gasteiger partial charge is 0.496 e. The van der Waals surface area contributed by atoms with Gasteiger partial charge in [-0.15, -0.1) is 0 Å². The molecule has 2 aromatic carbocycles. The van der Waals surface area contributed by atoms with Crippen molar-refractivity contribution in [3.05, 3.63) is 65.7 Å². The lowest BCUT2D eigenvalue weighted by Crippen LogP contribution is -2.49. The number of hydrogen-bond donors (Lipinski definition) is 0. The van der Waals surface area contributed by atoms with Crippen LogP contribution < -0.4 is 4.74 Å². The van der Waals surface area contributed by atoms with Gasteiger partial charge in [0, 0.05) is 37.3 Å². The third-order valence-corrected chi connectivity index (χ3v) is 4.81. The van der Waals surface area contributed by atoms with Gasteiger partial charge in [-0.05, 0) is 17.7 Å². The van der Waals surface area contributed by atoms with E-state index in [1.807, 2.05) is 60.7 Å². The number of rotatable bonds is 6. The number of halogens is 2. The van der Waals surface area contributed by atoms with E-state index in [0.29, 0.717) is 37.5 Å². The van der Waals surface area contributed by atoms with Crippen molar-refractivity contribution in [2.75, 3.05) is 39.8 Å². The highest BCUT2D eigenvalue weighted by molar-refractivity contribution is 6.24. The second-order valence-corrected chi connectivity index (χ2v) is 6.65. The summed E-state index contributed by atoms with van der Waals surface area (Å²) in [6.07, 6.45) is -0.519. The standard InChI is InChI=1S/C22H24F2N2O2/c1-28-20-10-6-5-9-18(20)15-19(17-7-3-2-4-8-17)22(27)26-13-11-25(12-14-26)16-21(23)24/h2-10,15,21H,11-14,16H2,1H3/b19-15+. The highest BCUT2D eigenvalue weighted by Crippen LogP contribution is 2.26. The first kappa shape index (κ1) is 20.0. The molecule has 4 nitrogen and oxygen atoms in total. The normalized spacial score (nSPS) is 15.7. The molecule has 6 heteroatoms. The Labute approximate surface area is 164 Å². The Morgan fingerprint density at radius 2 is 1.68 bits per heavy atom. The molecule has 1 amide bonds. The maximum atomic E-state index is 13.3. The number of methoxy groups -OCH3 is 1. The number of para-hydroxylation sites is 1. The van der Waals surface area contributed by atoms with Crippen molar-refractivity contribution in [1.29, 1.82) is 0 Å². The minimum atomic E-state index is -2.35. The van der Waals surface area contributed by atoms with Gasteiger partial charge in [0.2, 0.25) is 0 Å². The van der Waals surface area contributed by atoms with Crippen molar-refractivity contribution in [2.45, 2.75) is 6.43 Å². The molecule has 0 spiro atoms. The zero-order valence-electron chi connectivity index (χ0n) is 15.9. The second-order valence-electron chi connectivity index (χ2n) is 6.65. The lowest BCUT2D eigenvalue weighted by atomic mass is 10.0. The quantitative estimate of drug-likeness (QED) is 0.561. The number of carbonyl (C=O) groups is 1. The molecule has 0 radical (unpaired) electrons. The van der Waals surface area contributed by atoms with E-state index in [2.05, 4.69) is 0 Å². The van der Waals surface area contributed by atoms with Crippen molar-refractivity contribution in [2.24, 2.45) is 0 Å². The average molecular weight is 386 g/mol. The summed E-state index contributed by atoms with van der Waals surface area (Å²) in [7, 11) is 1.60. The molecule has 0 N–H and O–H groups in total. The Morgan fingerprint density at radius 1 is 1.04 bits per heavy atom. The Balaban J connectivity index is 1.86. The third kappa shape index (κ3) is 4.95. The maximum absolute atomic E-state index is 13.3. The summed E-state index contributed by atoms with van der Waals surface area (Å²) < 4.78 is 30.6. The molecule has 0 aromatic heterocycles. The molecule has 0 atom stereocenters. The first-order valence-corrected chi connectivity index (χ1v) is 9.28. The lowest BCUT2D eigenvalue weighted by Gasteiger charge is -2.35. The van der Waals surface area contributed by atoms with Gasteiger partial charge in [0.05, 0.1) is 13.7 Å². The predicted octanol–water partition coefficient (Wildman–Crippen LogP) is 3.65. The molecular weight excluding hydrogens is 362 g/mol. The molecule has 1 fully saturated rings. The van der Waals surface area contributed by atoms with E-state index < -0.39 is 6.43 Å². The molecule has 1 aliphatic heterocycles. The van der Waals surface area contributed by atoms with Crippen LogP contribution in [0.25, 0.3) is 11.6 Å². The van der Waals surface area contributed by atoms with E-state index in [-0.39, 0.29) is 12.5 Å². The first-order chi connectivity index (χ1) is 13.6. The fourth-order valence-corrected chi connectivity index (χ4v) is 3.33. The lowest BCUT2D eigenvalue weighted by molar-refractivity contribution is -0.126. The van der Waals surface area contributed by atoms with Crippen LogP contribution in [0.1, 0.15) is 11.1 Å². The Kier molecular flexibility index (Phi) is 6.76. The third-order valence-electron chi connectivity index (χ3n) is 4.81. The fraction of sp³-hybridized carbons (Fsp3) is 0.318. The van der Waals surface area contributed by atoms with Gasteiger partial charge >= 0.3 is 0 Å². The molecule has 1 saturated heterocycles. The van der Waals surface area contributed by atoms with Crippen LogP contribution in [0.3, 0.4) is 0 Å². The maximum Gasteiger partial charge on any atom is 0.254 e. The Morgan fingerprint density at radius 3 is 2.32 bits per heavy atom. The van der Waals surface area contributed by atoms with Crippen molar-refractivity contribution in [1.82, 2.24) is 9.80 Å². The summed E-state index contributed by atoms with van der Waals surface area (Å²) in [4.78, 5) is 16.7. The van der Waals surface area contributed by atoms with Crippen LogP contribution >= 0.6 is 0 Å². The Hall–Kier alpha value is -2.73. The van der Waals surface area contributed by atoms with Crippen LogP contribution in [0.5, 0.6) is 5.75 Å². The minimum absolute atomic E-state index is 0.103. The van der Waals surface area contributed by atoms with Gasteiger partial charge in [0.25, 0.3) is 12.3 Å². The number of alkyl halides is 2. The number of nitrogens with zero attached hydrogens (tertiary/aromatic N) is 2. The molecule has 0 bridgehead atoms. The smallest absolute Gasteiger partial charge is 0.254 e. The van der Waals surface area contributed by atoms with Crippen molar-refractivity contribution in [3.63, 3.8) is 0 Å². The minimum Gasteiger partial charge on any atom is -0.496 e. The molecule has 1 aliphatic rings. The summed E-state index contributed by atoms with van der Waals surface area (Å²) >= 11 is 0. The van der Waals surface area contributed by atoms with Gasteiger partial charge in [-0.2, -0.15) is 0 Å². The van der Waals surface area contributed by atoms with Gasteiger partial charge in [0.1, 0.15) is 5.75 Å². The highest BCUT2D eigenvalue weighted by atomic mass is 19.3. The molecule has 0 saturated carbocycles. The van der Waals surface area contributed by atoms with Gasteiger partial charge in [-0.1, -0.05) is 48.5 Å². The molecular formula is C22H24F2N2O2. The molecule has 3 rings (SSSR count). The van der Waals surface area contributed by atoms with Crippen LogP contribution in [-0.2, 0) is 4.79 Å². The predicted molar refractivity (Wildman–Crippen MR) is 106 cm³/mol. The molecule has 0 aliphatic carbocycles. The van der Waals surface area contributed by atoms with Gasteiger partial charge in [0.15, 0.2) is 0 Å². The highest BCUT2D eigenvalue weighted by Gasteiger charge is 2.25. The summed E-state index contributed by atoms with van der Waals surface area (Å²) in [5.74, 6) is 0.583. The van der Waals surface area contributed by atoms with E-state index in [1.165, 1.54) is 0 Å². The number of carbonyl (C=O) groups excluding carboxylic acids is 1. The van der Waals surface area contributed by atoms with Crippen molar-refractivity contribution in [3.8, 4) is 5.75 Å². The number of hydrogen-bond acceptors (Lipinski definition) is 3. The van der Waals surface area contributed by atoms with Gasteiger partial charge in [-0.3, -0.25) is 9.69 Å². The molecule has 1 heterocycles. The summed E-state index contributed by atoms with van der Waals surface area (Å²) in [6, 6.07) is 17.0. The van der Waals surface area contributed by atoms with Crippen LogP contribution in [0, 0.1) is 0 Å².